The molecule has 24 heavy (non-hydrogen) atoms. The Hall–Kier alpha value is -2.22. The lowest BCUT2D eigenvalue weighted by Crippen LogP contribution is -1.99. The van der Waals surface area contributed by atoms with Crippen LogP contribution < -0.4 is 16.4 Å². The summed E-state index contributed by atoms with van der Waals surface area (Å²) in [4.78, 5) is 21.1. The van der Waals surface area contributed by atoms with E-state index in [1.54, 1.807) is 19.2 Å². The fraction of sp³-hybridized carbons (Fsp3) is 0.188. The summed E-state index contributed by atoms with van der Waals surface area (Å²) < 4.78 is 0. The maximum atomic E-state index is 11.1. The third kappa shape index (κ3) is 3.64. The lowest BCUT2D eigenvalue weighted by molar-refractivity contribution is 0.112. The van der Waals surface area contributed by atoms with Gasteiger partial charge in [0.05, 0.1) is 21.6 Å². The van der Waals surface area contributed by atoms with Crippen LogP contribution in [-0.4, -0.2) is 37.4 Å². The largest absolute Gasteiger partial charge is 0.397 e. The molecule has 4 N–H and O–H groups in total. The average Bonchev–Trinajstić information content (AvgIpc) is 2.91. The molecule has 2 aromatic heterocycles. The zero-order valence-corrected chi connectivity index (χ0v) is 15.1. The quantitative estimate of drug-likeness (QED) is 0.618. The van der Waals surface area contributed by atoms with Crippen LogP contribution in [0.25, 0.3) is 21.5 Å². The van der Waals surface area contributed by atoms with Crippen molar-refractivity contribution in [2.75, 3.05) is 32.2 Å². The molecule has 2 heterocycles. The van der Waals surface area contributed by atoms with E-state index in [1.165, 1.54) is 11.3 Å². The van der Waals surface area contributed by atoms with Gasteiger partial charge in [0.15, 0.2) is 6.29 Å². The topological polar surface area (TPSA) is 92.9 Å². The number of hydrogen-bond acceptors (Lipinski definition) is 7. The standard InChI is InChI=1S/C14H11ClN4OS.C2H7N/c1-17-14-18-12(7-2-4-8(15)5-3-7)10-11(16)9(6-20)21-13(10)19-14;1-3-2/h2-6H,16H2,1H3,(H,17,18,19);3H,1-2H3. The van der Waals surface area contributed by atoms with E-state index in [2.05, 4.69) is 20.6 Å². The Morgan fingerprint density at radius 3 is 2.33 bits per heavy atom. The molecule has 0 radical (unpaired) electrons. The van der Waals surface area contributed by atoms with Gasteiger partial charge < -0.3 is 16.4 Å². The molecular formula is C16H18ClN5OS. The number of carbonyl (C=O) groups is 1. The smallest absolute Gasteiger partial charge is 0.224 e. The molecule has 0 aliphatic rings. The molecule has 3 aromatic rings. The van der Waals surface area contributed by atoms with Gasteiger partial charge >= 0.3 is 0 Å². The van der Waals surface area contributed by atoms with E-state index in [1.807, 2.05) is 26.2 Å². The van der Waals surface area contributed by atoms with Crippen LogP contribution in [0.3, 0.4) is 0 Å². The molecule has 1 aromatic carbocycles. The summed E-state index contributed by atoms with van der Waals surface area (Å²) in [5, 5.41) is 7.01. The van der Waals surface area contributed by atoms with Crippen LogP contribution in [0.15, 0.2) is 24.3 Å². The number of nitrogen functional groups attached to an aromatic ring is 1. The Balaban J connectivity index is 0.000000647. The second-order valence-electron chi connectivity index (χ2n) is 4.83. The summed E-state index contributed by atoms with van der Waals surface area (Å²) in [6.45, 7) is 0. The average molecular weight is 364 g/mol. The molecule has 0 amide bonds. The number of halogens is 1. The summed E-state index contributed by atoms with van der Waals surface area (Å²) >= 11 is 7.17. The summed E-state index contributed by atoms with van der Waals surface area (Å²) in [7, 11) is 5.49. The molecule has 126 valence electrons. The zero-order chi connectivity index (χ0) is 17.7. The number of rotatable bonds is 3. The van der Waals surface area contributed by atoms with Crippen molar-refractivity contribution in [1.82, 2.24) is 15.3 Å². The summed E-state index contributed by atoms with van der Waals surface area (Å²) in [6.07, 6.45) is 0.742. The second-order valence-corrected chi connectivity index (χ2v) is 6.30. The highest BCUT2D eigenvalue weighted by Gasteiger charge is 2.17. The van der Waals surface area contributed by atoms with E-state index in [0.717, 1.165) is 11.8 Å². The maximum absolute atomic E-state index is 11.1. The van der Waals surface area contributed by atoms with Crippen molar-refractivity contribution in [3.05, 3.63) is 34.2 Å². The van der Waals surface area contributed by atoms with Gasteiger partial charge in [0.1, 0.15) is 4.83 Å². The van der Waals surface area contributed by atoms with E-state index in [-0.39, 0.29) is 0 Å². The molecule has 0 saturated heterocycles. The van der Waals surface area contributed by atoms with E-state index < -0.39 is 0 Å². The van der Waals surface area contributed by atoms with Crippen LogP contribution in [-0.2, 0) is 0 Å². The maximum Gasteiger partial charge on any atom is 0.224 e. The molecule has 0 bridgehead atoms. The summed E-state index contributed by atoms with van der Waals surface area (Å²) in [5.41, 5.74) is 8.03. The first kappa shape index (κ1) is 18.1. The van der Waals surface area contributed by atoms with Crippen molar-refractivity contribution >= 4 is 51.1 Å². The van der Waals surface area contributed by atoms with Gasteiger partial charge in [-0.1, -0.05) is 23.7 Å². The van der Waals surface area contributed by atoms with Gasteiger partial charge in [0.25, 0.3) is 0 Å². The van der Waals surface area contributed by atoms with Crippen LogP contribution in [0.2, 0.25) is 5.02 Å². The highest BCUT2D eigenvalue weighted by atomic mass is 35.5. The van der Waals surface area contributed by atoms with E-state index in [4.69, 9.17) is 17.3 Å². The van der Waals surface area contributed by atoms with Gasteiger partial charge in [0.2, 0.25) is 5.95 Å². The number of anilines is 2. The Morgan fingerprint density at radius 2 is 1.79 bits per heavy atom. The predicted octanol–water partition coefficient (Wildman–Crippen LogP) is 3.28. The number of fused-ring (bicyclic) bond motifs is 1. The molecule has 8 heteroatoms. The molecule has 0 atom stereocenters. The summed E-state index contributed by atoms with van der Waals surface area (Å²) in [6, 6.07) is 7.29. The van der Waals surface area contributed by atoms with Crippen LogP contribution in [0.4, 0.5) is 11.6 Å². The minimum Gasteiger partial charge on any atom is -0.397 e. The van der Waals surface area contributed by atoms with E-state index >= 15 is 0 Å². The number of benzene rings is 1. The van der Waals surface area contributed by atoms with Gasteiger partial charge in [0, 0.05) is 17.6 Å². The molecule has 3 rings (SSSR count). The molecular weight excluding hydrogens is 346 g/mol. The fourth-order valence-electron chi connectivity index (χ4n) is 2.06. The lowest BCUT2D eigenvalue weighted by atomic mass is 10.1. The Labute approximate surface area is 149 Å². The van der Waals surface area contributed by atoms with Gasteiger partial charge in [-0.2, -0.15) is 0 Å². The number of thiophene rings is 1. The Kier molecular flexibility index (Phi) is 6.08. The van der Waals surface area contributed by atoms with Gasteiger partial charge in [-0.05, 0) is 26.2 Å². The normalized spacial score (nSPS) is 10.2. The number of nitrogens with two attached hydrogens (primary N) is 1. The number of aldehydes is 1. The van der Waals surface area contributed by atoms with Crippen molar-refractivity contribution in [2.24, 2.45) is 0 Å². The molecule has 6 nitrogen and oxygen atoms in total. The van der Waals surface area contributed by atoms with Crippen molar-refractivity contribution < 1.29 is 4.79 Å². The monoisotopic (exact) mass is 363 g/mol. The number of nitrogens with zero attached hydrogens (tertiary/aromatic N) is 2. The van der Waals surface area contributed by atoms with Crippen LogP contribution in [0.1, 0.15) is 9.67 Å². The first-order valence-corrected chi connectivity index (χ1v) is 8.32. The second kappa shape index (κ2) is 8.05. The first-order valence-electron chi connectivity index (χ1n) is 7.13. The Morgan fingerprint density at radius 1 is 1.17 bits per heavy atom. The minimum absolute atomic E-state index is 0.414. The van der Waals surface area contributed by atoms with Crippen LogP contribution in [0.5, 0.6) is 0 Å². The van der Waals surface area contributed by atoms with Crippen molar-refractivity contribution in [3.63, 3.8) is 0 Å². The number of nitrogens with one attached hydrogen (secondary N) is 2. The molecule has 0 aliphatic carbocycles. The predicted molar refractivity (Wildman–Crippen MR) is 102 cm³/mol. The fourth-order valence-corrected chi connectivity index (χ4v) is 3.09. The highest BCUT2D eigenvalue weighted by Crippen LogP contribution is 2.38. The lowest BCUT2D eigenvalue weighted by Gasteiger charge is -2.07. The number of aromatic nitrogens is 2. The third-order valence-corrected chi connectivity index (χ3v) is 4.34. The summed E-state index contributed by atoms with van der Waals surface area (Å²) in [5.74, 6) is 0.478. The van der Waals surface area contributed by atoms with Gasteiger partial charge in [-0.15, -0.1) is 11.3 Å². The molecule has 0 fully saturated rings. The van der Waals surface area contributed by atoms with Crippen LogP contribution >= 0.6 is 22.9 Å². The SMILES string of the molecule is CNC.CNc1nc(-c2ccc(Cl)cc2)c2c(N)c(C=O)sc2n1. The van der Waals surface area contributed by atoms with Crippen molar-refractivity contribution in [1.29, 1.82) is 0 Å². The van der Waals surface area contributed by atoms with E-state index in [9.17, 15) is 4.79 Å². The Bertz CT molecular complexity index is 848. The van der Waals surface area contributed by atoms with Crippen molar-refractivity contribution in [2.45, 2.75) is 0 Å². The van der Waals surface area contributed by atoms with E-state index in [0.29, 0.717) is 37.4 Å². The number of hydrogen-bond donors (Lipinski definition) is 3. The first-order chi connectivity index (χ1) is 11.5. The zero-order valence-electron chi connectivity index (χ0n) is 13.6. The molecule has 0 unspecified atom stereocenters. The number of carbonyl (C=O) groups excluding carboxylic acids is 1. The van der Waals surface area contributed by atoms with Crippen molar-refractivity contribution in [3.8, 4) is 11.3 Å². The minimum atomic E-state index is 0.414. The molecule has 0 aliphatic heterocycles. The highest BCUT2D eigenvalue weighted by molar-refractivity contribution is 7.21. The van der Waals surface area contributed by atoms with Crippen LogP contribution in [0, 0.1) is 0 Å². The van der Waals surface area contributed by atoms with Gasteiger partial charge in [-0.3, -0.25) is 4.79 Å². The van der Waals surface area contributed by atoms with Gasteiger partial charge in [-0.25, -0.2) is 9.97 Å². The molecule has 0 spiro atoms. The third-order valence-electron chi connectivity index (χ3n) is 3.07. The molecule has 0 saturated carbocycles.